The van der Waals surface area contributed by atoms with Gasteiger partial charge in [0.25, 0.3) is 0 Å². The van der Waals surface area contributed by atoms with Gasteiger partial charge in [-0.2, -0.15) is 0 Å². The molecule has 0 heterocycles. The fourth-order valence-electron chi connectivity index (χ4n) is 1.62. The first-order valence-corrected chi connectivity index (χ1v) is 6.02. The number of likely N-dealkylation sites (N-methyl/N-ethyl adjacent to an activating group) is 1. The average Bonchev–Trinajstić information content (AvgIpc) is 2.28. The Morgan fingerprint density at radius 2 is 1.89 bits per heavy atom. The van der Waals surface area contributed by atoms with Gasteiger partial charge in [-0.3, -0.25) is 9.69 Å². The molecule has 0 aliphatic carbocycles. The lowest BCUT2D eigenvalue weighted by atomic mass is 10.2. The summed E-state index contributed by atoms with van der Waals surface area (Å²) >= 11 is 0. The molecule has 0 aliphatic rings. The molecule has 1 aromatic carbocycles. The number of methoxy groups -OCH3 is 1. The standard InChI is InChI=1S/C14H21NO3/c1-11(2)18-14(16)10-15(3)9-12-5-7-13(17-4)8-6-12/h5-8,11H,9-10H2,1-4H3. The van der Waals surface area contributed by atoms with Crippen LogP contribution in [0.2, 0.25) is 0 Å². The molecule has 4 nitrogen and oxygen atoms in total. The lowest BCUT2D eigenvalue weighted by Crippen LogP contribution is -2.28. The third-order valence-corrected chi connectivity index (χ3v) is 2.38. The molecule has 0 fully saturated rings. The molecule has 1 aromatic rings. The second kappa shape index (κ2) is 7.01. The lowest BCUT2D eigenvalue weighted by molar-refractivity contribution is -0.148. The molecule has 100 valence electrons. The summed E-state index contributed by atoms with van der Waals surface area (Å²) in [6.07, 6.45) is -0.0631. The van der Waals surface area contributed by atoms with E-state index in [-0.39, 0.29) is 12.1 Å². The van der Waals surface area contributed by atoms with Crippen LogP contribution >= 0.6 is 0 Å². The van der Waals surface area contributed by atoms with Crippen molar-refractivity contribution in [3.63, 3.8) is 0 Å². The van der Waals surface area contributed by atoms with Crippen LogP contribution in [0.15, 0.2) is 24.3 Å². The van der Waals surface area contributed by atoms with Gasteiger partial charge in [0.15, 0.2) is 0 Å². The average molecular weight is 251 g/mol. The first-order chi connectivity index (χ1) is 8.51. The summed E-state index contributed by atoms with van der Waals surface area (Å²) in [5.41, 5.74) is 1.13. The van der Waals surface area contributed by atoms with Gasteiger partial charge in [-0.25, -0.2) is 0 Å². The molecule has 0 saturated heterocycles. The third kappa shape index (κ3) is 5.19. The Bertz CT molecular complexity index is 373. The summed E-state index contributed by atoms with van der Waals surface area (Å²) in [6, 6.07) is 7.80. The fraction of sp³-hybridized carbons (Fsp3) is 0.500. The number of hydrogen-bond donors (Lipinski definition) is 0. The molecule has 4 heteroatoms. The maximum absolute atomic E-state index is 11.5. The highest BCUT2D eigenvalue weighted by molar-refractivity contribution is 5.71. The van der Waals surface area contributed by atoms with E-state index in [0.717, 1.165) is 11.3 Å². The highest BCUT2D eigenvalue weighted by Gasteiger charge is 2.09. The Labute approximate surface area is 108 Å². The van der Waals surface area contributed by atoms with Crippen molar-refractivity contribution in [1.82, 2.24) is 4.90 Å². The molecule has 1 rings (SSSR count). The summed E-state index contributed by atoms with van der Waals surface area (Å²) in [7, 11) is 3.54. The van der Waals surface area contributed by atoms with Crippen molar-refractivity contribution in [2.45, 2.75) is 26.5 Å². The van der Waals surface area contributed by atoms with Crippen molar-refractivity contribution < 1.29 is 14.3 Å². The number of carbonyl (C=O) groups excluding carboxylic acids is 1. The quantitative estimate of drug-likeness (QED) is 0.726. The minimum absolute atomic E-state index is 0.0631. The highest BCUT2D eigenvalue weighted by Crippen LogP contribution is 2.12. The van der Waals surface area contributed by atoms with Crippen LogP contribution in [-0.4, -0.2) is 37.7 Å². The second-order valence-corrected chi connectivity index (χ2v) is 4.56. The molecule has 0 unspecified atom stereocenters. The Morgan fingerprint density at radius 1 is 1.28 bits per heavy atom. The van der Waals surface area contributed by atoms with Crippen LogP contribution in [0.4, 0.5) is 0 Å². The molecule has 0 radical (unpaired) electrons. The third-order valence-electron chi connectivity index (χ3n) is 2.38. The fourth-order valence-corrected chi connectivity index (χ4v) is 1.62. The van der Waals surface area contributed by atoms with Gasteiger partial charge in [0.1, 0.15) is 5.75 Å². The maximum Gasteiger partial charge on any atom is 0.320 e. The van der Waals surface area contributed by atoms with Crippen molar-refractivity contribution in [2.24, 2.45) is 0 Å². The molecular weight excluding hydrogens is 230 g/mol. The first-order valence-electron chi connectivity index (χ1n) is 6.02. The van der Waals surface area contributed by atoms with E-state index in [1.54, 1.807) is 7.11 Å². The summed E-state index contributed by atoms with van der Waals surface area (Å²) in [5.74, 6) is 0.640. The van der Waals surface area contributed by atoms with Crippen LogP contribution in [0.25, 0.3) is 0 Å². The van der Waals surface area contributed by atoms with E-state index in [1.165, 1.54) is 0 Å². The highest BCUT2D eigenvalue weighted by atomic mass is 16.5. The van der Waals surface area contributed by atoms with Crippen molar-refractivity contribution in [3.8, 4) is 5.75 Å². The Hall–Kier alpha value is -1.55. The zero-order chi connectivity index (χ0) is 13.5. The van der Waals surface area contributed by atoms with Crippen LogP contribution < -0.4 is 4.74 Å². The van der Waals surface area contributed by atoms with Crippen molar-refractivity contribution in [1.29, 1.82) is 0 Å². The SMILES string of the molecule is COc1ccc(CN(C)CC(=O)OC(C)C)cc1. The topological polar surface area (TPSA) is 38.8 Å². The minimum atomic E-state index is -0.194. The van der Waals surface area contributed by atoms with Gasteiger partial charge in [-0.15, -0.1) is 0 Å². The number of nitrogens with zero attached hydrogens (tertiary/aromatic N) is 1. The predicted octanol–water partition coefficient (Wildman–Crippen LogP) is 2.08. The van der Waals surface area contributed by atoms with Gasteiger partial charge >= 0.3 is 5.97 Å². The predicted molar refractivity (Wildman–Crippen MR) is 70.6 cm³/mol. The van der Waals surface area contributed by atoms with Gasteiger partial charge in [-0.05, 0) is 38.6 Å². The van der Waals surface area contributed by atoms with E-state index in [2.05, 4.69) is 0 Å². The molecule has 0 N–H and O–H groups in total. The molecule has 18 heavy (non-hydrogen) atoms. The maximum atomic E-state index is 11.5. The number of esters is 1. The zero-order valence-electron chi connectivity index (χ0n) is 11.5. The molecule has 0 aliphatic heterocycles. The smallest absolute Gasteiger partial charge is 0.320 e. The molecule has 0 aromatic heterocycles. The normalized spacial score (nSPS) is 10.8. The summed E-state index contributed by atoms with van der Waals surface area (Å²) in [6.45, 7) is 4.70. The van der Waals surface area contributed by atoms with Crippen LogP contribution in [0, 0.1) is 0 Å². The van der Waals surface area contributed by atoms with E-state index in [4.69, 9.17) is 9.47 Å². The Morgan fingerprint density at radius 3 is 2.39 bits per heavy atom. The van der Waals surface area contributed by atoms with Gasteiger partial charge in [0.05, 0.1) is 19.8 Å². The van der Waals surface area contributed by atoms with Crippen molar-refractivity contribution >= 4 is 5.97 Å². The number of carbonyl (C=O) groups is 1. The molecule has 0 amide bonds. The van der Waals surface area contributed by atoms with E-state index >= 15 is 0 Å². The van der Waals surface area contributed by atoms with E-state index < -0.39 is 0 Å². The molecule has 0 saturated carbocycles. The zero-order valence-corrected chi connectivity index (χ0v) is 11.5. The molecule has 0 spiro atoms. The summed E-state index contributed by atoms with van der Waals surface area (Å²) in [5, 5.41) is 0. The number of rotatable bonds is 6. The van der Waals surface area contributed by atoms with Crippen LogP contribution in [0.5, 0.6) is 5.75 Å². The van der Waals surface area contributed by atoms with Crippen LogP contribution in [0.1, 0.15) is 19.4 Å². The van der Waals surface area contributed by atoms with Crippen LogP contribution in [0.3, 0.4) is 0 Å². The van der Waals surface area contributed by atoms with E-state index in [9.17, 15) is 4.79 Å². The van der Waals surface area contributed by atoms with Gasteiger partial charge < -0.3 is 9.47 Å². The van der Waals surface area contributed by atoms with Gasteiger partial charge in [0, 0.05) is 6.54 Å². The first kappa shape index (κ1) is 14.5. The Balaban J connectivity index is 2.43. The number of benzene rings is 1. The summed E-state index contributed by atoms with van der Waals surface area (Å²) in [4.78, 5) is 13.4. The van der Waals surface area contributed by atoms with Crippen molar-refractivity contribution in [2.75, 3.05) is 20.7 Å². The van der Waals surface area contributed by atoms with E-state index in [0.29, 0.717) is 13.1 Å². The lowest BCUT2D eigenvalue weighted by Gasteiger charge is -2.17. The van der Waals surface area contributed by atoms with E-state index in [1.807, 2.05) is 50.1 Å². The monoisotopic (exact) mass is 251 g/mol. The van der Waals surface area contributed by atoms with Gasteiger partial charge in [0.2, 0.25) is 0 Å². The Kier molecular flexibility index (Phi) is 5.65. The number of hydrogen-bond acceptors (Lipinski definition) is 4. The minimum Gasteiger partial charge on any atom is -0.497 e. The largest absolute Gasteiger partial charge is 0.497 e. The molecule has 0 atom stereocenters. The van der Waals surface area contributed by atoms with Crippen molar-refractivity contribution in [3.05, 3.63) is 29.8 Å². The van der Waals surface area contributed by atoms with Crippen LogP contribution in [-0.2, 0) is 16.1 Å². The van der Waals surface area contributed by atoms with Gasteiger partial charge in [-0.1, -0.05) is 12.1 Å². The second-order valence-electron chi connectivity index (χ2n) is 4.56. The molecule has 0 bridgehead atoms. The summed E-state index contributed by atoms with van der Waals surface area (Å²) < 4.78 is 10.2. The molecular formula is C14H21NO3. The number of ether oxygens (including phenoxy) is 2.